The molecule has 0 amide bonds. The highest BCUT2D eigenvalue weighted by molar-refractivity contribution is 9.10. The Balaban J connectivity index is 2.73. The van der Waals surface area contributed by atoms with Gasteiger partial charge in [0, 0.05) is 12.7 Å². The van der Waals surface area contributed by atoms with Crippen molar-refractivity contribution in [2.45, 2.75) is 12.8 Å². The summed E-state index contributed by atoms with van der Waals surface area (Å²) in [4.78, 5) is 14.1. The van der Waals surface area contributed by atoms with Gasteiger partial charge in [0.25, 0.3) is 0 Å². The van der Waals surface area contributed by atoms with Crippen LogP contribution in [-0.2, 0) is 0 Å². The minimum atomic E-state index is -0.455. The maximum Gasteiger partial charge on any atom is 0.311 e. The average molecular weight is 289 g/mol. The zero-order valence-corrected chi connectivity index (χ0v) is 10.2. The van der Waals surface area contributed by atoms with E-state index in [-0.39, 0.29) is 5.69 Å². The zero-order valence-electron chi connectivity index (χ0n) is 8.65. The molecule has 0 saturated heterocycles. The Morgan fingerprint density at radius 2 is 2.25 bits per heavy atom. The van der Waals surface area contributed by atoms with E-state index in [9.17, 15) is 10.1 Å². The number of anilines is 1. The number of rotatable bonds is 6. The number of unbranched alkanes of at least 4 members (excludes halogenated alkanes) is 1. The number of nitrogens with two attached hydrogens (primary N) is 1. The van der Waals surface area contributed by atoms with E-state index in [0.29, 0.717) is 23.2 Å². The van der Waals surface area contributed by atoms with E-state index in [1.54, 1.807) is 0 Å². The lowest BCUT2D eigenvalue weighted by molar-refractivity contribution is -0.384. The Kier molecular flexibility index (Phi) is 5.13. The summed E-state index contributed by atoms with van der Waals surface area (Å²) in [6.07, 6.45) is 4.53. The predicted octanol–water partition coefficient (Wildman–Crippen LogP) is 1.90. The summed E-state index contributed by atoms with van der Waals surface area (Å²) in [5.41, 5.74) is 5.80. The van der Waals surface area contributed by atoms with Crippen molar-refractivity contribution in [3.63, 3.8) is 0 Å². The quantitative estimate of drug-likeness (QED) is 0.474. The molecule has 1 aromatic rings. The first-order valence-corrected chi connectivity index (χ1v) is 5.68. The van der Waals surface area contributed by atoms with Gasteiger partial charge in [-0.25, -0.2) is 0 Å². The fraction of sp³-hybridized carbons (Fsp3) is 0.444. The van der Waals surface area contributed by atoms with Gasteiger partial charge in [0.2, 0.25) is 0 Å². The fourth-order valence-electron chi connectivity index (χ4n) is 1.22. The lowest BCUT2D eigenvalue weighted by Gasteiger charge is -2.07. The van der Waals surface area contributed by atoms with Crippen LogP contribution in [0.15, 0.2) is 16.9 Å². The molecule has 0 aliphatic carbocycles. The zero-order chi connectivity index (χ0) is 12.0. The van der Waals surface area contributed by atoms with Crippen molar-refractivity contribution in [3.8, 4) is 0 Å². The number of hydrogen-bond donors (Lipinski definition) is 2. The first kappa shape index (κ1) is 12.9. The maximum atomic E-state index is 10.7. The number of hydrogen-bond acceptors (Lipinski definition) is 5. The van der Waals surface area contributed by atoms with Crippen molar-refractivity contribution in [1.82, 2.24) is 4.98 Å². The van der Waals surface area contributed by atoms with Crippen LogP contribution in [0.2, 0.25) is 0 Å². The van der Waals surface area contributed by atoms with Crippen LogP contribution in [0.5, 0.6) is 0 Å². The second-order valence-electron chi connectivity index (χ2n) is 3.20. The Morgan fingerprint density at radius 1 is 1.50 bits per heavy atom. The molecule has 1 rings (SSSR count). The van der Waals surface area contributed by atoms with Crippen molar-refractivity contribution in [1.29, 1.82) is 0 Å². The molecule has 7 heteroatoms. The van der Waals surface area contributed by atoms with Crippen molar-refractivity contribution >= 4 is 27.3 Å². The van der Waals surface area contributed by atoms with Crippen molar-refractivity contribution in [2.24, 2.45) is 5.73 Å². The van der Waals surface area contributed by atoms with Crippen molar-refractivity contribution in [2.75, 3.05) is 18.4 Å². The number of nitrogens with one attached hydrogen (secondary N) is 1. The normalized spacial score (nSPS) is 10.1. The summed E-state index contributed by atoms with van der Waals surface area (Å²) in [5, 5.41) is 13.8. The Bertz CT molecular complexity index is 373. The van der Waals surface area contributed by atoms with Gasteiger partial charge in [-0.15, -0.1) is 0 Å². The first-order valence-electron chi connectivity index (χ1n) is 4.88. The second kappa shape index (κ2) is 6.39. The highest BCUT2D eigenvalue weighted by Crippen LogP contribution is 2.30. The largest absolute Gasteiger partial charge is 0.378 e. The first-order chi connectivity index (χ1) is 7.66. The van der Waals surface area contributed by atoms with Gasteiger partial charge in [-0.1, -0.05) is 0 Å². The molecular weight excluding hydrogens is 276 g/mol. The lowest BCUT2D eigenvalue weighted by Crippen LogP contribution is -2.08. The van der Waals surface area contributed by atoms with Gasteiger partial charge in [-0.3, -0.25) is 15.1 Å². The van der Waals surface area contributed by atoms with Crippen LogP contribution < -0.4 is 11.1 Å². The van der Waals surface area contributed by atoms with Crippen molar-refractivity contribution in [3.05, 3.63) is 27.0 Å². The monoisotopic (exact) mass is 288 g/mol. The van der Waals surface area contributed by atoms with Gasteiger partial charge < -0.3 is 11.1 Å². The number of nitro groups is 1. The minimum absolute atomic E-state index is 0.0258. The van der Waals surface area contributed by atoms with Crippen LogP contribution in [0.4, 0.5) is 11.4 Å². The average Bonchev–Trinajstić information content (AvgIpc) is 2.25. The number of nitrogens with zero attached hydrogens (tertiary/aromatic N) is 2. The molecule has 1 aromatic heterocycles. The third kappa shape index (κ3) is 3.42. The molecule has 3 N–H and O–H groups in total. The van der Waals surface area contributed by atoms with Crippen LogP contribution in [0.3, 0.4) is 0 Å². The van der Waals surface area contributed by atoms with Gasteiger partial charge in [-0.2, -0.15) is 0 Å². The second-order valence-corrected chi connectivity index (χ2v) is 4.05. The molecule has 16 heavy (non-hydrogen) atoms. The Labute approximate surface area is 102 Å². The molecule has 0 aliphatic rings. The smallest absolute Gasteiger partial charge is 0.311 e. The number of halogens is 1. The van der Waals surface area contributed by atoms with Gasteiger partial charge in [0.1, 0.15) is 11.9 Å². The number of pyridine rings is 1. The summed E-state index contributed by atoms with van der Waals surface area (Å²) < 4.78 is 0.592. The molecule has 0 saturated carbocycles. The van der Waals surface area contributed by atoms with E-state index in [4.69, 9.17) is 5.73 Å². The topological polar surface area (TPSA) is 94.1 Å². The van der Waals surface area contributed by atoms with Gasteiger partial charge in [0.15, 0.2) is 0 Å². The fourth-order valence-corrected chi connectivity index (χ4v) is 1.68. The van der Waals surface area contributed by atoms with Gasteiger partial charge >= 0.3 is 5.69 Å². The lowest BCUT2D eigenvalue weighted by atomic mass is 10.3. The Morgan fingerprint density at radius 3 is 2.88 bits per heavy atom. The standard InChI is InChI=1S/C9H13BrN4O2/c10-7-5-12-6-8(14(15)16)9(7)13-4-2-1-3-11/h5-6H,1-4,11H2,(H,12,13). The van der Waals surface area contributed by atoms with E-state index in [0.717, 1.165) is 12.8 Å². The molecule has 0 atom stereocenters. The molecule has 0 unspecified atom stereocenters. The van der Waals surface area contributed by atoms with Crippen molar-refractivity contribution < 1.29 is 4.92 Å². The predicted molar refractivity (Wildman–Crippen MR) is 65.4 cm³/mol. The third-order valence-corrected chi connectivity index (χ3v) is 2.61. The van der Waals surface area contributed by atoms with Crippen LogP contribution in [-0.4, -0.2) is 23.0 Å². The molecule has 88 valence electrons. The van der Waals surface area contributed by atoms with E-state index in [1.807, 2.05) is 0 Å². The minimum Gasteiger partial charge on any atom is -0.378 e. The molecule has 0 bridgehead atoms. The van der Waals surface area contributed by atoms with E-state index >= 15 is 0 Å². The van der Waals surface area contributed by atoms with Crippen LogP contribution in [0, 0.1) is 10.1 Å². The van der Waals surface area contributed by atoms with Gasteiger partial charge in [-0.05, 0) is 35.3 Å². The molecule has 0 radical (unpaired) electrons. The van der Waals surface area contributed by atoms with E-state index < -0.39 is 4.92 Å². The molecule has 6 nitrogen and oxygen atoms in total. The highest BCUT2D eigenvalue weighted by Gasteiger charge is 2.16. The van der Waals surface area contributed by atoms with Crippen LogP contribution >= 0.6 is 15.9 Å². The summed E-state index contributed by atoms with van der Waals surface area (Å²) >= 11 is 3.23. The SMILES string of the molecule is NCCCCNc1c(Br)cncc1[N+](=O)[O-]. The molecular formula is C9H13BrN4O2. The van der Waals surface area contributed by atoms with Gasteiger partial charge in [0.05, 0.1) is 9.40 Å². The van der Waals surface area contributed by atoms with Crippen LogP contribution in [0.25, 0.3) is 0 Å². The Hall–Kier alpha value is -1.21. The molecule has 0 spiro atoms. The summed E-state index contributed by atoms with van der Waals surface area (Å²) in [5.74, 6) is 0. The van der Waals surface area contributed by atoms with E-state index in [2.05, 4.69) is 26.2 Å². The highest BCUT2D eigenvalue weighted by atomic mass is 79.9. The maximum absolute atomic E-state index is 10.7. The summed E-state index contributed by atoms with van der Waals surface area (Å²) in [6, 6.07) is 0. The summed E-state index contributed by atoms with van der Waals surface area (Å²) in [6.45, 7) is 1.28. The van der Waals surface area contributed by atoms with E-state index in [1.165, 1.54) is 12.4 Å². The molecule has 0 aromatic carbocycles. The number of aromatic nitrogens is 1. The summed E-state index contributed by atoms with van der Waals surface area (Å²) in [7, 11) is 0. The molecule has 0 fully saturated rings. The third-order valence-electron chi connectivity index (χ3n) is 2.01. The molecule has 0 aliphatic heterocycles. The molecule has 1 heterocycles. The van der Waals surface area contributed by atoms with Crippen LogP contribution in [0.1, 0.15) is 12.8 Å².